The van der Waals surface area contributed by atoms with Crippen LogP contribution in [0.1, 0.15) is 56.0 Å². The van der Waals surface area contributed by atoms with Gasteiger partial charge in [-0.2, -0.15) is 0 Å². The number of fused-ring (bicyclic) bond motifs is 1. The van der Waals surface area contributed by atoms with Gasteiger partial charge >= 0.3 is 5.97 Å². The van der Waals surface area contributed by atoms with E-state index in [1.54, 1.807) is 12.1 Å². The van der Waals surface area contributed by atoms with Crippen molar-refractivity contribution in [2.75, 3.05) is 0 Å². The Morgan fingerprint density at radius 2 is 1.91 bits per heavy atom. The summed E-state index contributed by atoms with van der Waals surface area (Å²) < 4.78 is 5.56. The Kier molecular flexibility index (Phi) is 4.64. The van der Waals surface area contributed by atoms with Crippen molar-refractivity contribution in [3.8, 4) is 0 Å². The van der Waals surface area contributed by atoms with Crippen LogP contribution in [0.3, 0.4) is 0 Å². The zero-order chi connectivity index (χ0) is 16.5. The molecule has 0 spiro atoms. The molecule has 1 atom stereocenters. The topological polar surface area (TPSA) is 63.6 Å². The molecule has 22 heavy (non-hydrogen) atoms. The van der Waals surface area contributed by atoms with E-state index in [1.807, 2.05) is 20.8 Å². The van der Waals surface area contributed by atoms with Crippen LogP contribution in [0.5, 0.6) is 0 Å². The molecule has 0 radical (unpaired) electrons. The number of esters is 1. The van der Waals surface area contributed by atoms with Gasteiger partial charge in [0.15, 0.2) is 0 Å². The molecule has 1 aromatic carbocycles. The van der Waals surface area contributed by atoms with Gasteiger partial charge in [0.2, 0.25) is 11.4 Å². The summed E-state index contributed by atoms with van der Waals surface area (Å²) in [6.07, 6.45) is 1.81. The van der Waals surface area contributed by atoms with Crippen LogP contribution in [-0.4, -0.2) is 28.1 Å². The monoisotopic (exact) mass is 324 g/mol. The quantitative estimate of drug-likeness (QED) is 0.666. The molecule has 1 N–H and O–H groups in total. The number of Topliss-reactive ketones (excluding diaryl/α,β-unsaturated/α-hetero) is 1. The Morgan fingerprint density at radius 1 is 1.32 bits per heavy atom. The van der Waals surface area contributed by atoms with E-state index in [0.29, 0.717) is 35.4 Å². The van der Waals surface area contributed by atoms with E-state index < -0.39 is 23.0 Å². The molecule has 1 aliphatic rings. The summed E-state index contributed by atoms with van der Waals surface area (Å²) in [7, 11) is 0. The lowest BCUT2D eigenvalue weighted by molar-refractivity contribution is -0.177. The van der Waals surface area contributed by atoms with E-state index in [-0.39, 0.29) is 6.42 Å². The van der Waals surface area contributed by atoms with Crippen molar-refractivity contribution in [2.24, 2.45) is 0 Å². The first-order chi connectivity index (χ1) is 10.3. The maximum absolute atomic E-state index is 12.5. The van der Waals surface area contributed by atoms with Crippen LogP contribution in [0, 0.1) is 0 Å². The van der Waals surface area contributed by atoms with Crippen LogP contribution < -0.4 is 0 Å². The Bertz CT molecular complexity index is 598. The van der Waals surface area contributed by atoms with E-state index in [4.69, 9.17) is 16.3 Å². The molecular formula is C17H21ClO4. The maximum Gasteiger partial charge on any atom is 0.347 e. The van der Waals surface area contributed by atoms with Gasteiger partial charge < -0.3 is 9.84 Å². The number of rotatable bonds is 5. The Hall–Kier alpha value is -1.39. The summed E-state index contributed by atoms with van der Waals surface area (Å²) in [5, 5.41) is 11.1. The fraction of sp³-hybridized carbons (Fsp3) is 0.529. The summed E-state index contributed by atoms with van der Waals surface area (Å²) in [6, 6.07) is 4.72. The van der Waals surface area contributed by atoms with E-state index >= 15 is 0 Å². The van der Waals surface area contributed by atoms with Crippen molar-refractivity contribution in [3.63, 3.8) is 0 Å². The van der Waals surface area contributed by atoms with Crippen LogP contribution in [0.15, 0.2) is 18.2 Å². The van der Waals surface area contributed by atoms with Crippen molar-refractivity contribution in [1.29, 1.82) is 0 Å². The summed E-state index contributed by atoms with van der Waals surface area (Å²) >= 11 is 5.91. The molecule has 4 nitrogen and oxygen atoms in total. The summed E-state index contributed by atoms with van der Waals surface area (Å²) in [5.74, 6) is -1.48. The van der Waals surface area contributed by atoms with Gasteiger partial charge in [-0.1, -0.05) is 32.4 Å². The zero-order valence-electron chi connectivity index (χ0n) is 13.1. The second-order valence-corrected chi connectivity index (χ2v) is 6.24. The molecule has 0 aliphatic heterocycles. The third kappa shape index (κ3) is 2.66. The highest BCUT2D eigenvalue weighted by Gasteiger charge is 2.53. The number of aliphatic hydroxyl groups is 1. The molecule has 0 bridgehead atoms. The molecule has 0 unspecified atom stereocenters. The number of carbonyl (C=O) groups excluding carboxylic acids is 2. The maximum atomic E-state index is 12.5. The van der Waals surface area contributed by atoms with Crippen molar-refractivity contribution >= 4 is 23.4 Å². The normalized spacial score (nSPS) is 20.9. The molecule has 1 aromatic rings. The Morgan fingerprint density at radius 3 is 2.45 bits per heavy atom. The van der Waals surface area contributed by atoms with E-state index in [1.165, 1.54) is 6.07 Å². The zero-order valence-corrected chi connectivity index (χ0v) is 13.9. The molecule has 0 fully saturated rings. The van der Waals surface area contributed by atoms with Gasteiger partial charge in [-0.15, -0.1) is 0 Å². The highest BCUT2D eigenvalue weighted by molar-refractivity contribution is 6.31. The number of ketones is 1. The minimum Gasteiger partial charge on any atom is -0.457 e. The minimum atomic E-state index is -2.14. The molecule has 120 valence electrons. The van der Waals surface area contributed by atoms with Crippen LogP contribution in [0.25, 0.3) is 0 Å². The molecule has 0 aromatic heterocycles. The Labute approximate surface area is 135 Å². The average Bonchev–Trinajstić information content (AvgIpc) is 2.76. The second-order valence-electron chi connectivity index (χ2n) is 5.80. The lowest BCUT2D eigenvalue weighted by atomic mass is 9.92. The van der Waals surface area contributed by atoms with Gasteiger partial charge in [0.05, 0.1) is 0 Å². The van der Waals surface area contributed by atoms with Crippen LogP contribution >= 0.6 is 11.6 Å². The fourth-order valence-corrected chi connectivity index (χ4v) is 3.12. The predicted molar refractivity (Wildman–Crippen MR) is 84.1 cm³/mol. The smallest absolute Gasteiger partial charge is 0.347 e. The average molecular weight is 325 g/mol. The summed E-state index contributed by atoms with van der Waals surface area (Å²) in [5.41, 5.74) is -1.87. The van der Waals surface area contributed by atoms with Crippen LogP contribution in [-0.2, 0) is 16.0 Å². The van der Waals surface area contributed by atoms with Gasteiger partial charge in [-0.25, -0.2) is 4.79 Å². The van der Waals surface area contributed by atoms with Crippen molar-refractivity contribution in [1.82, 2.24) is 0 Å². The van der Waals surface area contributed by atoms with Gasteiger partial charge in [-0.3, -0.25) is 4.79 Å². The predicted octanol–water partition coefficient (Wildman–Crippen LogP) is 3.32. The van der Waals surface area contributed by atoms with Crippen molar-refractivity contribution in [3.05, 3.63) is 34.3 Å². The van der Waals surface area contributed by atoms with Crippen LogP contribution in [0.2, 0.25) is 5.02 Å². The fourth-order valence-electron chi connectivity index (χ4n) is 2.92. The molecule has 2 rings (SSSR count). The van der Waals surface area contributed by atoms with Gasteiger partial charge in [0.25, 0.3) is 0 Å². The number of ether oxygens (including phenoxy) is 1. The summed E-state index contributed by atoms with van der Waals surface area (Å²) in [4.78, 5) is 24.9. The van der Waals surface area contributed by atoms with Crippen LogP contribution in [0.4, 0.5) is 0 Å². The number of benzene rings is 1. The first kappa shape index (κ1) is 17.0. The van der Waals surface area contributed by atoms with Gasteiger partial charge in [0.1, 0.15) is 5.60 Å². The highest BCUT2D eigenvalue weighted by Crippen LogP contribution is 2.35. The first-order valence-electron chi connectivity index (χ1n) is 7.61. The molecule has 0 saturated carbocycles. The third-order valence-corrected chi connectivity index (χ3v) is 4.95. The number of halogens is 1. The van der Waals surface area contributed by atoms with Crippen molar-refractivity contribution in [2.45, 2.75) is 57.7 Å². The highest BCUT2D eigenvalue weighted by atomic mass is 35.5. The Balaban J connectivity index is 2.29. The SMILES string of the molecule is CCC(CC)(CC)OC(=O)[C@]1(O)Cc2cc(Cl)ccc2C1=O. The molecular weight excluding hydrogens is 304 g/mol. The van der Waals surface area contributed by atoms with E-state index in [2.05, 4.69) is 0 Å². The second kappa shape index (κ2) is 6.01. The third-order valence-electron chi connectivity index (χ3n) is 4.71. The minimum absolute atomic E-state index is 0.0895. The van der Waals surface area contributed by atoms with Gasteiger partial charge in [0, 0.05) is 17.0 Å². The molecule has 0 amide bonds. The number of hydrogen-bond donors (Lipinski definition) is 1. The largest absolute Gasteiger partial charge is 0.457 e. The molecule has 1 aliphatic carbocycles. The molecule has 5 heteroatoms. The molecule has 0 heterocycles. The van der Waals surface area contributed by atoms with E-state index in [0.717, 1.165) is 0 Å². The van der Waals surface area contributed by atoms with E-state index in [9.17, 15) is 14.7 Å². The first-order valence-corrected chi connectivity index (χ1v) is 7.98. The lowest BCUT2D eigenvalue weighted by Gasteiger charge is -2.33. The number of hydrogen-bond acceptors (Lipinski definition) is 4. The number of carbonyl (C=O) groups is 2. The lowest BCUT2D eigenvalue weighted by Crippen LogP contribution is -2.49. The summed E-state index contributed by atoms with van der Waals surface area (Å²) in [6.45, 7) is 5.78. The molecule has 0 saturated heterocycles. The van der Waals surface area contributed by atoms with Crippen molar-refractivity contribution < 1.29 is 19.4 Å². The van der Waals surface area contributed by atoms with Gasteiger partial charge in [-0.05, 0) is 43.0 Å². The standard InChI is InChI=1S/C17H21ClO4/c1-4-16(5-2,6-3)22-15(20)17(21)10-11-9-12(18)7-8-13(11)14(17)19/h7-9,21H,4-6,10H2,1-3H3/t17-/m0/s1.